The van der Waals surface area contributed by atoms with Crippen LogP contribution in [-0.4, -0.2) is 0 Å². The summed E-state index contributed by atoms with van der Waals surface area (Å²) in [7, 11) is 0. The molecule has 0 aliphatic carbocycles. The van der Waals surface area contributed by atoms with E-state index in [1.165, 1.54) is 17.4 Å². The highest BCUT2D eigenvalue weighted by Crippen LogP contribution is 2.39. The summed E-state index contributed by atoms with van der Waals surface area (Å²) in [6, 6.07) is 2.99. The summed E-state index contributed by atoms with van der Waals surface area (Å²) >= 11 is 7.20. The highest BCUT2D eigenvalue weighted by atomic mass is 35.5. The molecule has 1 heterocycles. The van der Waals surface area contributed by atoms with Crippen molar-refractivity contribution in [2.45, 2.75) is 6.43 Å². The van der Waals surface area contributed by atoms with E-state index in [4.69, 9.17) is 17.3 Å². The maximum atomic E-state index is 12.6. The van der Waals surface area contributed by atoms with Gasteiger partial charge in [0, 0.05) is 16.6 Å². The Morgan fingerprint density at radius 1 is 1.43 bits per heavy atom. The first-order valence-electron chi connectivity index (χ1n) is 3.84. The summed E-state index contributed by atoms with van der Waals surface area (Å²) in [4.78, 5) is 0. The number of benzene rings is 1. The van der Waals surface area contributed by atoms with Crippen molar-refractivity contribution in [3.63, 3.8) is 0 Å². The lowest BCUT2D eigenvalue weighted by Gasteiger charge is -2.07. The van der Waals surface area contributed by atoms with Gasteiger partial charge in [0.25, 0.3) is 6.43 Å². The molecule has 1 nitrogen and oxygen atoms in total. The van der Waals surface area contributed by atoms with E-state index in [1.807, 2.05) is 0 Å². The highest BCUT2D eigenvalue weighted by Gasteiger charge is 2.17. The number of nitrogens with two attached hydrogens (primary N) is 1. The molecule has 0 aliphatic rings. The molecule has 2 N–H and O–H groups in total. The first-order valence-corrected chi connectivity index (χ1v) is 5.10. The number of thiophene rings is 1. The summed E-state index contributed by atoms with van der Waals surface area (Å²) in [6.07, 6.45) is -2.57. The Bertz CT molecular complexity index is 481. The average Bonchev–Trinajstić information content (AvgIpc) is 2.51. The van der Waals surface area contributed by atoms with Gasteiger partial charge in [-0.15, -0.1) is 11.3 Å². The van der Waals surface area contributed by atoms with Gasteiger partial charge in [0.15, 0.2) is 0 Å². The normalized spacial score (nSPS) is 11.4. The topological polar surface area (TPSA) is 26.0 Å². The summed E-state index contributed by atoms with van der Waals surface area (Å²) in [6.45, 7) is 0. The number of anilines is 1. The SMILES string of the molecule is Nc1cc(Cl)c2sccc2c1C(F)F. The third-order valence-electron chi connectivity index (χ3n) is 1.98. The van der Waals surface area contributed by atoms with E-state index in [9.17, 15) is 8.78 Å². The Hall–Kier alpha value is -0.870. The van der Waals surface area contributed by atoms with Gasteiger partial charge in [-0.3, -0.25) is 0 Å². The third-order valence-corrected chi connectivity index (χ3v) is 3.34. The second-order valence-corrected chi connectivity index (χ2v) is 4.15. The van der Waals surface area contributed by atoms with Crippen molar-refractivity contribution in [2.24, 2.45) is 0 Å². The molecular weight excluding hydrogens is 228 g/mol. The summed E-state index contributed by atoms with van der Waals surface area (Å²) in [5, 5.41) is 2.61. The van der Waals surface area contributed by atoms with E-state index < -0.39 is 6.43 Å². The molecule has 0 unspecified atom stereocenters. The molecule has 0 amide bonds. The van der Waals surface area contributed by atoms with Crippen molar-refractivity contribution >= 4 is 38.7 Å². The number of halogens is 3. The van der Waals surface area contributed by atoms with Gasteiger partial charge < -0.3 is 5.73 Å². The number of fused-ring (bicyclic) bond motifs is 1. The van der Waals surface area contributed by atoms with Crippen LogP contribution in [0.25, 0.3) is 10.1 Å². The van der Waals surface area contributed by atoms with E-state index >= 15 is 0 Å². The monoisotopic (exact) mass is 233 g/mol. The maximum absolute atomic E-state index is 12.6. The van der Waals surface area contributed by atoms with Crippen LogP contribution in [-0.2, 0) is 0 Å². The van der Waals surface area contributed by atoms with Crippen LogP contribution in [0.5, 0.6) is 0 Å². The van der Waals surface area contributed by atoms with Gasteiger partial charge in [-0.2, -0.15) is 0 Å². The van der Waals surface area contributed by atoms with Crippen LogP contribution in [0.4, 0.5) is 14.5 Å². The molecule has 74 valence electrons. The van der Waals surface area contributed by atoms with Crippen molar-refractivity contribution < 1.29 is 8.78 Å². The van der Waals surface area contributed by atoms with Gasteiger partial charge in [0.2, 0.25) is 0 Å². The van der Waals surface area contributed by atoms with Crippen LogP contribution in [0.15, 0.2) is 17.5 Å². The molecule has 2 aromatic rings. The number of hydrogen-bond acceptors (Lipinski definition) is 2. The third kappa shape index (κ3) is 1.35. The minimum atomic E-state index is -2.57. The number of hydrogen-bond donors (Lipinski definition) is 1. The van der Waals surface area contributed by atoms with Crippen LogP contribution in [0, 0.1) is 0 Å². The fourth-order valence-corrected chi connectivity index (χ4v) is 2.55. The van der Waals surface area contributed by atoms with E-state index in [-0.39, 0.29) is 11.3 Å². The average molecular weight is 234 g/mol. The lowest BCUT2D eigenvalue weighted by molar-refractivity contribution is 0.154. The van der Waals surface area contributed by atoms with Crippen molar-refractivity contribution in [3.8, 4) is 0 Å². The molecule has 14 heavy (non-hydrogen) atoms. The van der Waals surface area contributed by atoms with Crippen molar-refractivity contribution in [1.29, 1.82) is 0 Å². The van der Waals surface area contributed by atoms with Crippen LogP contribution in [0.2, 0.25) is 5.02 Å². The molecule has 0 atom stereocenters. The molecule has 0 saturated carbocycles. The Kier molecular flexibility index (Phi) is 2.33. The second-order valence-electron chi connectivity index (χ2n) is 2.83. The maximum Gasteiger partial charge on any atom is 0.266 e. The molecule has 0 saturated heterocycles. The summed E-state index contributed by atoms with van der Waals surface area (Å²) < 4.78 is 26.0. The Balaban J connectivity index is 2.86. The Morgan fingerprint density at radius 3 is 2.79 bits per heavy atom. The molecule has 1 aromatic heterocycles. The zero-order chi connectivity index (χ0) is 10.3. The van der Waals surface area contributed by atoms with E-state index in [1.54, 1.807) is 11.4 Å². The van der Waals surface area contributed by atoms with Crippen molar-refractivity contribution in [3.05, 3.63) is 28.1 Å². The fraction of sp³-hybridized carbons (Fsp3) is 0.111. The fourth-order valence-electron chi connectivity index (χ4n) is 1.39. The van der Waals surface area contributed by atoms with Crippen molar-refractivity contribution in [1.82, 2.24) is 0 Å². The molecule has 2 rings (SSSR count). The number of rotatable bonds is 1. The Labute approximate surface area is 88.1 Å². The van der Waals surface area contributed by atoms with E-state index in [0.29, 0.717) is 15.1 Å². The molecule has 0 fully saturated rings. The summed E-state index contributed by atoms with van der Waals surface area (Å²) in [5.41, 5.74) is 5.42. The minimum Gasteiger partial charge on any atom is -0.398 e. The van der Waals surface area contributed by atoms with Crippen LogP contribution < -0.4 is 5.73 Å². The van der Waals surface area contributed by atoms with Gasteiger partial charge in [-0.05, 0) is 17.5 Å². The van der Waals surface area contributed by atoms with Gasteiger partial charge in [-0.25, -0.2) is 8.78 Å². The van der Waals surface area contributed by atoms with Gasteiger partial charge in [-0.1, -0.05) is 11.6 Å². The largest absolute Gasteiger partial charge is 0.398 e. The predicted molar refractivity (Wildman–Crippen MR) is 56.2 cm³/mol. The van der Waals surface area contributed by atoms with Crippen molar-refractivity contribution in [2.75, 3.05) is 5.73 Å². The van der Waals surface area contributed by atoms with Crippen LogP contribution in [0.1, 0.15) is 12.0 Å². The van der Waals surface area contributed by atoms with E-state index in [2.05, 4.69) is 0 Å². The predicted octanol–water partition coefficient (Wildman–Crippen LogP) is 4.07. The number of alkyl halides is 2. The number of nitrogen functional groups attached to an aromatic ring is 1. The Morgan fingerprint density at radius 2 is 2.14 bits per heavy atom. The highest BCUT2D eigenvalue weighted by molar-refractivity contribution is 7.17. The zero-order valence-corrected chi connectivity index (χ0v) is 8.50. The molecule has 0 spiro atoms. The van der Waals surface area contributed by atoms with Gasteiger partial charge >= 0.3 is 0 Å². The van der Waals surface area contributed by atoms with Gasteiger partial charge in [0.05, 0.1) is 9.72 Å². The molecule has 0 bridgehead atoms. The molecule has 0 radical (unpaired) electrons. The molecule has 1 aromatic carbocycles. The molecule has 5 heteroatoms. The molecule has 0 aliphatic heterocycles. The smallest absolute Gasteiger partial charge is 0.266 e. The lowest BCUT2D eigenvalue weighted by atomic mass is 10.1. The van der Waals surface area contributed by atoms with Crippen LogP contribution in [0.3, 0.4) is 0 Å². The minimum absolute atomic E-state index is 0.0518. The quantitative estimate of drug-likeness (QED) is 0.738. The first kappa shape index (κ1) is 9.68. The van der Waals surface area contributed by atoms with Gasteiger partial charge in [0.1, 0.15) is 0 Å². The van der Waals surface area contributed by atoms with E-state index in [0.717, 1.165) is 0 Å². The molecular formula is C9H6ClF2NS. The standard InChI is InChI=1S/C9H6ClF2NS/c10-5-3-6(13)7(9(11)12)4-1-2-14-8(4)5/h1-3,9H,13H2. The van der Waals surface area contributed by atoms with Crippen LogP contribution >= 0.6 is 22.9 Å². The first-order chi connectivity index (χ1) is 6.61. The zero-order valence-electron chi connectivity index (χ0n) is 6.93. The summed E-state index contributed by atoms with van der Waals surface area (Å²) in [5.74, 6) is 0. The lowest BCUT2D eigenvalue weighted by Crippen LogP contribution is -1.95. The second kappa shape index (κ2) is 3.37.